The number of halogens is 1. The van der Waals surface area contributed by atoms with Crippen LogP contribution in [0.25, 0.3) is 0 Å². The van der Waals surface area contributed by atoms with Crippen molar-refractivity contribution in [1.29, 1.82) is 0 Å². The zero-order valence-electron chi connectivity index (χ0n) is 11.6. The van der Waals surface area contributed by atoms with Gasteiger partial charge in [-0.05, 0) is 23.6 Å². The molecule has 0 saturated heterocycles. The zero-order chi connectivity index (χ0) is 13.5. The molecule has 0 saturated carbocycles. The van der Waals surface area contributed by atoms with Crippen LogP contribution in [-0.4, -0.2) is 31.5 Å². The molecular weight excluding hydrogens is 246 g/mol. The molecular formula is C14H22ClN3. The maximum Gasteiger partial charge on any atom is 0.193 e. The van der Waals surface area contributed by atoms with E-state index < -0.39 is 0 Å². The minimum absolute atomic E-state index is 0.602. The quantitative estimate of drug-likeness (QED) is 0.671. The van der Waals surface area contributed by atoms with Crippen LogP contribution in [0.3, 0.4) is 0 Å². The first-order chi connectivity index (χ1) is 8.52. The van der Waals surface area contributed by atoms with Crippen molar-refractivity contribution in [2.24, 2.45) is 10.9 Å². The molecule has 100 valence electrons. The zero-order valence-corrected chi connectivity index (χ0v) is 12.3. The van der Waals surface area contributed by atoms with Crippen molar-refractivity contribution in [2.45, 2.75) is 20.4 Å². The highest BCUT2D eigenvalue weighted by molar-refractivity contribution is 6.30. The lowest BCUT2D eigenvalue weighted by Crippen LogP contribution is -2.40. The Bertz CT molecular complexity index is 385. The number of aliphatic imine (C=N–C) groups is 1. The Hall–Kier alpha value is -1.22. The average molecular weight is 268 g/mol. The highest BCUT2D eigenvalue weighted by Crippen LogP contribution is 2.10. The summed E-state index contributed by atoms with van der Waals surface area (Å²) in [5, 5.41) is 4.12. The van der Waals surface area contributed by atoms with Crippen LogP contribution in [0.5, 0.6) is 0 Å². The van der Waals surface area contributed by atoms with E-state index >= 15 is 0 Å². The summed E-state index contributed by atoms with van der Waals surface area (Å²) in [7, 11) is 3.84. The van der Waals surface area contributed by atoms with Crippen LogP contribution >= 0.6 is 11.6 Å². The average Bonchev–Trinajstić information content (AvgIpc) is 2.32. The predicted molar refractivity (Wildman–Crippen MR) is 79.1 cm³/mol. The fraction of sp³-hybridized carbons (Fsp3) is 0.500. The van der Waals surface area contributed by atoms with E-state index in [9.17, 15) is 0 Å². The Morgan fingerprint density at radius 2 is 1.94 bits per heavy atom. The maximum absolute atomic E-state index is 5.87. The van der Waals surface area contributed by atoms with Crippen LogP contribution in [0.15, 0.2) is 29.3 Å². The van der Waals surface area contributed by atoms with E-state index in [4.69, 9.17) is 11.6 Å². The second kappa shape index (κ2) is 7.27. The SMILES string of the molecule is CN=C(NCC(C)C)N(C)Cc1ccc(Cl)cc1. The second-order valence-electron chi connectivity index (χ2n) is 4.80. The smallest absolute Gasteiger partial charge is 0.193 e. The molecule has 1 aromatic carbocycles. The topological polar surface area (TPSA) is 27.6 Å². The summed E-state index contributed by atoms with van der Waals surface area (Å²) in [4.78, 5) is 6.38. The summed E-state index contributed by atoms with van der Waals surface area (Å²) >= 11 is 5.87. The van der Waals surface area contributed by atoms with Gasteiger partial charge >= 0.3 is 0 Å². The van der Waals surface area contributed by atoms with E-state index in [1.54, 1.807) is 7.05 Å². The summed E-state index contributed by atoms with van der Waals surface area (Å²) in [5.41, 5.74) is 1.22. The van der Waals surface area contributed by atoms with Crippen LogP contribution in [0.2, 0.25) is 5.02 Å². The molecule has 0 unspecified atom stereocenters. The molecule has 0 heterocycles. The summed E-state index contributed by atoms with van der Waals surface area (Å²) in [6.07, 6.45) is 0. The molecule has 0 bridgehead atoms. The van der Waals surface area contributed by atoms with Gasteiger partial charge in [-0.25, -0.2) is 0 Å². The van der Waals surface area contributed by atoms with Crippen molar-refractivity contribution in [1.82, 2.24) is 10.2 Å². The molecule has 0 atom stereocenters. The van der Waals surface area contributed by atoms with Crippen molar-refractivity contribution < 1.29 is 0 Å². The molecule has 0 aliphatic rings. The van der Waals surface area contributed by atoms with Crippen LogP contribution < -0.4 is 5.32 Å². The molecule has 0 aromatic heterocycles. The number of nitrogens with zero attached hydrogens (tertiary/aromatic N) is 2. The Kier molecular flexibility index (Phi) is 5.99. The van der Waals surface area contributed by atoms with Gasteiger partial charge in [0.25, 0.3) is 0 Å². The van der Waals surface area contributed by atoms with Gasteiger partial charge in [0.2, 0.25) is 0 Å². The second-order valence-corrected chi connectivity index (χ2v) is 5.24. The van der Waals surface area contributed by atoms with E-state index in [-0.39, 0.29) is 0 Å². The van der Waals surface area contributed by atoms with E-state index in [2.05, 4.69) is 29.1 Å². The Labute approximate surface area is 115 Å². The number of hydrogen-bond acceptors (Lipinski definition) is 1. The van der Waals surface area contributed by atoms with E-state index in [1.165, 1.54) is 5.56 Å². The summed E-state index contributed by atoms with van der Waals surface area (Å²) in [6.45, 7) is 6.10. The minimum Gasteiger partial charge on any atom is -0.356 e. The van der Waals surface area contributed by atoms with Gasteiger partial charge in [0.05, 0.1) is 0 Å². The van der Waals surface area contributed by atoms with E-state index in [0.29, 0.717) is 5.92 Å². The molecule has 0 aliphatic heterocycles. The number of rotatable bonds is 4. The van der Waals surface area contributed by atoms with E-state index in [1.807, 2.05) is 31.3 Å². The van der Waals surface area contributed by atoms with Gasteiger partial charge in [0.15, 0.2) is 5.96 Å². The first kappa shape index (κ1) is 14.8. The maximum atomic E-state index is 5.87. The Balaban J connectivity index is 2.57. The lowest BCUT2D eigenvalue weighted by atomic mass is 10.2. The van der Waals surface area contributed by atoms with Crippen molar-refractivity contribution in [3.05, 3.63) is 34.9 Å². The Morgan fingerprint density at radius 3 is 2.44 bits per heavy atom. The van der Waals surface area contributed by atoms with Crippen molar-refractivity contribution in [2.75, 3.05) is 20.6 Å². The third-order valence-electron chi connectivity index (χ3n) is 2.57. The highest BCUT2D eigenvalue weighted by Gasteiger charge is 2.06. The first-order valence-corrected chi connectivity index (χ1v) is 6.57. The van der Waals surface area contributed by atoms with Crippen LogP contribution in [0, 0.1) is 5.92 Å². The fourth-order valence-corrected chi connectivity index (χ4v) is 1.74. The van der Waals surface area contributed by atoms with E-state index in [0.717, 1.165) is 24.1 Å². The van der Waals surface area contributed by atoms with Crippen LogP contribution in [0.4, 0.5) is 0 Å². The molecule has 1 N–H and O–H groups in total. The molecule has 0 spiro atoms. The molecule has 3 nitrogen and oxygen atoms in total. The number of hydrogen-bond donors (Lipinski definition) is 1. The normalized spacial score (nSPS) is 11.8. The molecule has 0 fully saturated rings. The van der Waals surface area contributed by atoms with Gasteiger partial charge in [0.1, 0.15) is 0 Å². The molecule has 0 amide bonds. The molecule has 4 heteroatoms. The van der Waals surface area contributed by atoms with Gasteiger partial charge in [-0.2, -0.15) is 0 Å². The minimum atomic E-state index is 0.602. The highest BCUT2D eigenvalue weighted by atomic mass is 35.5. The molecule has 0 radical (unpaired) electrons. The number of benzene rings is 1. The van der Waals surface area contributed by atoms with Crippen molar-refractivity contribution in [3.63, 3.8) is 0 Å². The summed E-state index contributed by atoms with van der Waals surface area (Å²) < 4.78 is 0. The van der Waals surface area contributed by atoms with Gasteiger partial charge in [0, 0.05) is 32.2 Å². The van der Waals surface area contributed by atoms with Gasteiger partial charge in [-0.15, -0.1) is 0 Å². The van der Waals surface area contributed by atoms with Gasteiger partial charge in [-0.1, -0.05) is 37.6 Å². The van der Waals surface area contributed by atoms with Crippen LogP contribution in [-0.2, 0) is 6.54 Å². The number of nitrogens with one attached hydrogen (secondary N) is 1. The summed E-state index contributed by atoms with van der Waals surface area (Å²) in [5.74, 6) is 1.52. The molecule has 1 rings (SSSR count). The predicted octanol–water partition coefficient (Wildman–Crippen LogP) is 3.00. The van der Waals surface area contributed by atoms with Crippen molar-refractivity contribution in [3.8, 4) is 0 Å². The molecule has 1 aromatic rings. The largest absolute Gasteiger partial charge is 0.356 e. The lowest BCUT2D eigenvalue weighted by Gasteiger charge is -2.23. The first-order valence-electron chi connectivity index (χ1n) is 6.19. The summed E-state index contributed by atoms with van der Waals surface area (Å²) in [6, 6.07) is 7.90. The van der Waals surface area contributed by atoms with Crippen LogP contribution in [0.1, 0.15) is 19.4 Å². The lowest BCUT2D eigenvalue weighted by molar-refractivity contribution is 0.468. The third-order valence-corrected chi connectivity index (χ3v) is 2.83. The standard InChI is InChI=1S/C14H22ClN3/c1-11(2)9-17-14(16-3)18(4)10-12-5-7-13(15)8-6-12/h5-8,11H,9-10H2,1-4H3,(H,16,17). The monoisotopic (exact) mass is 267 g/mol. The third kappa shape index (κ3) is 4.96. The molecule has 0 aliphatic carbocycles. The number of guanidine groups is 1. The van der Waals surface area contributed by atoms with Gasteiger partial charge in [-0.3, -0.25) is 4.99 Å². The van der Waals surface area contributed by atoms with Gasteiger partial charge < -0.3 is 10.2 Å². The molecule has 18 heavy (non-hydrogen) atoms. The van der Waals surface area contributed by atoms with Crippen molar-refractivity contribution >= 4 is 17.6 Å². The fourth-order valence-electron chi connectivity index (χ4n) is 1.62. The Morgan fingerprint density at radius 1 is 1.33 bits per heavy atom.